The monoisotopic (exact) mass is 264 g/mol. The largest absolute Gasteiger partial charge is 0.378 e. The minimum Gasteiger partial charge on any atom is -0.378 e. The topological polar surface area (TPSA) is 92.4 Å². The molecule has 0 spiro atoms. The van der Waals surface area contributed by atoms with Gasteiger partial charge in [-0.2, -0.15) is 0 Å². The summed E-state index contributed by atoms with van der Waals surface area (Å²) in [6, 6.07) is 7.82. The molecule has 0 radical (unpaired) electrons. The van der Waals surface area contributed by atoms with Gasteiger partial charge in [0.1, 0.15) is 6.04 Å². The van der Waals surface area contributed by atoms with Gasteiger partial charge in [-0.15, -0.1) is 0 Å². The van der Waals surface area contributed by atoms with Gasteiger partial charge in [-0.1, -0.05) is 50.1 Å². The maximum absolute atomic E-state index is 11.9. The number of nitrogens with one attached hydrogen (secondary N) is 1. The first-order valence-electron chi connectivity index (χ1n) is 6.39. The predicted octanol–water partition coefficient (Wildman–Crippen LogP) is 0.880. The number of aliphatic hydroxyl groups excluding tert-OH is 1. The molecule has 0 bridgehead atoms. The van der Waals surface area contributed by atoms with Crippen LogP contribution in [0.2, 0.25) is 0 Å². The third-order valence-electron chi connectivity index (χ3n) is 2.87. The molecule has 5 heteroatoms. The lowest BCUT2D eigenvalue weighted by molar-refractivity contribution is -0.133. The Kier molecular flexibility index (Phi) is 6.02. The number of unbranched alkanes of at least 4 members (excludes halogenated alkanes) is 1. The van der Waals surface area contributed by atoms with E-state index in [1.807, 2.05) is 6.92 Å². The molecule has 0 heterocycles. The summed E-state index contributed by atoms with van der Waals surface area (Å²) in [6.45, 7) is 1.98. The first kappa shape index (κ1) is 15.2. The summed E-state index contributed by atoms with van der Waals surface area (Å²) in [7, 11) is 0. The minimum absolute atomic E-state index is 0.485. The zero-order valence-electron chi connectivity index (χ0n) is 11.0. The zero-order chi connectivity index (χ0) is 14.3. The number of benzene rings is 1. The summed E-state index contributed by atoms with van der Waals surface area (Å²) in [4.78, 5) is 23.1. The number of amides is 2. The van der Waals surface area contributed by atoms with Gasteiger partial charge in [0.15, 0.2) is 6.10 Å². The lowest BCUT2D eigenvalue weighted by Crippen LogP contribution is -2.46. The van der Waals surface area contributed by atoms with Crippen molar-refractivity contribution in [3.8, 4) is 0 Å². The molecule has 1 aromatic carbocycles. The van der Waals surface area contributed by atoms with E-state index in [-0.39, 0.29) is 0 Å². The molecule has 5 nitrogen and oxygen atoms in total. The van der Waals surface area contributed by atoms with E-state index in [1.165, 1.54) is 0 Å². The van der Waals surface area contributed by atoms with Crippen LogP contribution in [0.15, 0.2) is 30.3 Å². The average Bonchev–Trinajstić information content (AvgIpc) is 2.43. The Hall–Kier alpha value is -1.88. The van der Waals surface area contributed by atoms with Crippen molar-refractivity contribution in [3.05, 3.63) is 35.9 Å². The third-order valence-corrected chi connectivity index (χ3v) is 2.87. The summed E-state index contributed by atoms with van der Waals surface area (Å²) in [5.41, 5.74) is 5.71. The fourth-order valence-corrected chi connectivity index (χ4v) is 1.73. The second-order valence-electron chi connectivity index (χ2n) is 4.42. The van der Waals surface area contributed by atoms with Crippen LogP contribution in [0.1, 0.15) is 37.9 Å². The molecule has 19 heavy (non-hydrogen) atoms. The molecule has 0 saturated carbocycles. The van der Waals surface area contributed by atoms with Gasteiger partial charge in [0.05, 0.1) is 0 Å². The van der Waals surface area contributed by atoms with Crippen molar-refractivity contribution in [2.75, 3.05) is 0 Å². The van der Waals surface area contributed by atoms with E-state index in [0.717, 1.165) is 12.8 Å². The summed E-state index contributed by atoms with van der Waals surface area (Å²) >= 11 is 0. The fraction of sp³-hybridized carbons (Fsp3) is 0.429. The predicted molar refractivity (Wildman–Crippen MR) is 72.1 cm³/mol. The van der Waals surface area contributed by atoms with Crippen LogP contribution >= 0.6 is 0 Å². The number of carbonyl (C=O) groups excluding carboxylic acids is 2. The Balaban J connectivity index is 2.64. The highest BCUT2D eigenvalue weighted by atomic mass is 16.3. The van der Waals surface area contributed by atoms with Crippen LogP contribution in [0.5, 0.6) is 0 Å². The van der Waals surface area contributed by atoms with Gasteiger partial charge in [-0.25, -0.2) is 0 Å². The van der Waals surface area contributed by atoms with E-state index in [0.29, 0.717) is 12.0 Å². The van der Waals surface area contributed by atoms with E-state index >= 15 is 0 Å². The molecule has 0 unspecified atom stereocenters. The normalized spacial score (nSPS) is 13.6. The second kappa shape index (κ2) is 7.53. The molecule has 0 saturated heterocycles. The van der Waals surface area contributed by atoms with Crippen molar-refractivity contribution in [3.63, 3.8) is 0 Å². The van der Waals surface area contributed by atoms with Crippen molar-refractivity contribution >= 4 is 11.8 Å². The van der Waals surface area contributed by atoms with Gasteiger partial charge in [0, 0.05) is 0 Å². The Labute approximate surface area is 112 Å². The van der Waals surface area contributed by atoms with E-state index in [4.69, 9.17) is 5.73 Å². The molecule has 2 atom stereocenters. The molecule has 0 aliphatic carbocycles. The molecule has 2 amide bonds. The number of hydrogen-bond acceptors (Lipinski definition) is 3. The summed E-state index contributed by atoms with van der Waals surface area (Å²) in [5.74, 6) is -1.19. The molecule has 0 aliphatic heterocycles. The van der Waals surface area contributed by atoms with Gasteiger partial charge in [0.2, 0.25) is 5.91 Å². The molecular weight excluding hydrogens is 244 g/mol. The number of rotatable bonds is 7. The first-order valence-corrected chi connectivity index (χ1v) is 6.39. The lowest BCUT2D eigenvalue weighted by atomic mass is 10.1. The molecule has 0 fully saturated rings. The minimum atomic E-state index is -1.29. The van der Waals surface area contributed by atoms with Crippen molar-refractivity contribution in [2.45, 2.75) is 38.3 Å². The van der Waals surface area contributed by atoms with Crippen LogP contribution in [0.25, 0.3) is 0 Å². The van der Waals surface area contributed by atoms with Crippen molar-refractivity contribution in [1.82, 2.24) is 5.32 Å². The number of aliphatic hydroxyl groups is 1. The Morgan fingerprint density at radius 2 is 1.95 bits per heavy atom. The molecule has 1 aromatic rings. The van der Waals surface area contributed by atoms with E-state index < -0.39 is 24.0 Å². The Morgan fingerprint density at radius 1 is 1.32 bits per heavy atom. The maximum atomic E-state index is 11.9. The highest BCUT2D eigenvalue weighted by Crippen LogP contribution is 2.12. The molecular formula is C14H20N2O3. The summed E-state index contributed by atoms with van der Waals surface area (Å²) in [6.07, 6.45) is 0.889. The second-order valence-corrected chi connectivity index (χ2v) is 4.42. The van der Waals surface area contributed by atoms with Crippen LogP contribution in [-0.4, -0.2) is 23.0 Å². The standard InChI is InChI=1S/C14H20N2O3/c1-2-3-9-11(13(15)18)16-14(19)12(17)10-7-5-4-6-8-10/h4-8,11-12,17H,2-3,9H2,1H3,(H2,15,18)(H,16,19)/t11-,12-/m0/s1. The lowest BCUT2D eigenvalue weighted by Gasteiger charge is -2.18. The highest BCUT2D eigenvalue weighted by Gasteiger charge is 2.23. The number of primary amides is 1. The van der Waals surface area contributed by atoms with Gasteiger partial charge in [-0.05, 0) is 12.0 Å². The van der Waals surface area contributed by atoms with Crippen LogP contribution in [-0.2, 0) is 9.59 Å². The Bertz CT molecular complexity index is 420. The van der Waals surface area contributed by atoms with Crippen LogP contribution < -0.4 is 11.1 Å². The quantitative estimate of drug-likeness (QED) is 0.682. The Morgan fingerprint density at radius 3 is 2.47 bits per heavy atom. The van der Waals surface area contributed by atoms with Gasteiger partial charge in [0.25, 0.3) is 5.91 Å². The SMILES string of the molecule is CCCC[C@H](NC(=O)[C@@H](O)c1ccccc1)C(N)=O. The first-order chi connectivity index (χ1) is 9.06. The average molecular weight is 264 g/mol. The summed E-state index contributed by atoms with van der Waals surface area (Å²) < 4.78 is 0. The number of carbonyl (C=O) groups is 2. The third kappa shape index (κ3) is 4.71. The van der Waals surface area contributed by atoms with Crippen molar-refractivity contribution in [1.29, 1.82) is 0 Å². The maximum Gasteiger partial charge on any atom is 0.254 e. The molecule has 0 aliphatic rings. The summed E-state index contributed by atoms with van der Waals surface area (Å²) in [5, 5.41) is 12.4. The highest BCUT2D eigenvalue weighted by molar-refractivity contribution is 5.88. The molecule has 0 aromatic heterocycles. The van der Waals surface area contributed by atoms with Crippen LogP contribution in [0.3, 0.4) is 0 Å². The van der Waals surface area contributed by atoms with Crippen LogP contribution in [0.4, 0.5) is 0 Å². The zero-order valence-corrected chi connectivity index (χ0v) is 11.0. The van der Waals surface area contributed by atoms with Gasteiger partial charge in [-0.3, -0.25) is 9.59 Å². The van der Waals surface area contributed by atoms with E-state index in [1.54, 1.807) is 30.3 Å². The van der Waals surface area contributed by atoms with E-state index in [2.05, 4.69) is 5.32 Å². The molecule has 1 rings (SSSR count). The fourth-order valence-electron chi connectivity index (χ4n) is 1.73. The van der Waals surface area contributed by atoms with Gasteiger partial charge < -0.3 is 16.2 Å². The number of nitrogens with two attached hydrogens (primary N) is 1. The number of hydrogen-bond donors (Lipinski definition) is 3. The molecule has 104 valence electrons. The smallest absolute Gasteiger partial charge is 0.254 e. The van der Waals surface area contributed by atoms with Crippen molar-refractivity contribution in [2.24, 2.45) is 5.73 Å². The van der Waals surface area contributed by atoms with Gasteiger partial charge >= 0.3 is 0 Å². The van der Waals surface area contributed by atoms with Crippen molar-refractivity contribution < 1.29 is 14.7 Å². The van der Waals surface area contributed by atoms with E-state index in [9.17, 15) is 14.7 Å². The molecule has 4 N–H and O–H groups in total. The van der Waals surface area contributed by atoms with Crippen LogP contribution in [0, 0.1) is 0 Å².